The Labute approximate surface area is 240 Å². The van der Waals surface area contributed by atoms with Gasteiger partial charge in [0.25, 0.3) is 0 Å². The van der Waals surface area contributed by atoms with Crippen LogP contribution in [0.25, 0.3) is 45.6 Å². The maximum Gasteiger partial charge on any atom is 2.00 e. The Morgan fingerprint density at radius 2 is 0.526 bits per heavy atom. The Morgan fingerprint density at radius 3 is 0.737 bits per heavy atom. The molecule has 186 valence electrons. The third kappa shape index (κ3) is 7.42. The molecule has 6 heterocycles. The molecule has 0 saturated heterocycles. The van der Waals surface area contributed by atoms with Gasteiger partial charge in [0.1, 0.15) is 0 Å². The fourth-order valence-corrected chi connectivity index (χ4v) is 3.50. The average molecular weight is 603 g/mol. The standard InChI is InChI=1S/2C15H11N3.ClH.Ru/c2*1-3-10-16-12(6-1)14-8-5-9-15(18-14)13-7-2-4-11-17-13;;/h2*1-11H;1H;/q;;;+2/p-1. The molecule has 0 aromatic carbocycles. The summed E-state index contributed by atoms with van der Waals surface area (Å²) in [6, 6.07) is 35.0. The second kappa shape index (κ2) is 14.5. The molecule has 0 radical (unpaired) electrons. The van der Waals surface area contributed by atoms with E-state index in [1.54, 1.807) is 24.8 Å². The number of rotatable bonds is 4. The van der Waals surface area contributed by atoms with Gasteiger partial charge in [-0.15, -0.1) is 0 Å². The molecule has 0 spiro atoms. The number of nitrogens with zero attached hydrogens (tertiary/aromatic N) is 6. The molecule has 0 aliphatic carbocycles. The quantitative estimate of drug-likeness (QED) is 0.288. The van der Waals surface area contributed by atoms with Crippen LogP contribution in [0, 0.1) is 0 Å². The monoisotopic (exact) mass is 603 g/mol. The van der Waals surface area contributed by atoms with Crippen molar-refractivity contribution in [2.75, 3.05) is 0 Å². The van der Waals surface area contributed by atoms with Gasteiger partial charge in [0, 0.05) is 24.8 Å². The van der Waals surface area contributed by atoms with Crippen LogP contribution in [0.5, 0.6) is 0 Å². The van der Waals surface area contributed by atoms with E-state index in [1.165, 1.54) is 0 Å². The summed E-state index contributed by atoms with van der Waals surface area (Å²) in [6.07, 6.45) is 7.07. The van der Waals surface area contributed by atoms with Gasteiger partial charge in [-0.3, -0.25) is 19.9 Å². The van der Waals surface area contributed by atoms with Crippen LogP contribution in [0.3, 0.4) is 0 Å². The molecule has 8 heteroatoms. The number of aromatic nitrogens is 6. The summed E-state index contributed by atoms with van der Waals surface area (Å²) in [5.41, 5.74) is 6.92. The van der Waals surface area contributed by atoms with Gasteiger partial charge in [-0.25, -0.2) is 9.97 Å². The molecule has 6 aromatic heterocycles. The predicted molar refractivity (Wildman–Crippen MR) is 141 cm³/mol. The third-order valence-electron chi connectivity index (χ3n) is 5.21. The predicted octanol–water partition coefficient (Wildman–Crippen LogP) is 3.41. The molecule has 0 N–H and O–H groups in total. The number of hydrogen-bond acceptors (Lipinski definition) is 6. The molecular formula is C30H22ClN6Ru+. The van der Waals surface area contributed by atoms with E-state index in [9.17, 15) is 0 Å². The first-order chi connectivity index (χ1) is 17.9. The van der Waals surface area contributed by atoms with Crippen LogP contribution in [0.4, 0.5) is 0 Å². The van der Waals surface area contributed by atoms with Crippen molar-refractivity contribution in [3.05, 3.63) is 134 Å². The van der Waals surface area contributed by atoms with Crippen LogP contribution >= 0.6 is 0 Å². The largest absolute Gasteiger partial charge is 2.00 e. The van der Waals surface area contributed by atoms with Crippen LogP contribution in [-0.4, -0.2) is 29.9 Å². The number of pyridine rings is 6. The molecule has 0 amide bonds. The average Bonchev–Trinajstić information content (AvgIpc) is 2.99. The van der Waals surface area contributed by atoms with Gasteiger partial charge in [0.15, 0.2) is 0 Å². The molecule has 0 aliphatic heterocycles. The summed E-state index contributed by atoms with van der Waals surface area (Å²) in [5.74, 6) is 0. The molecule has 0 saturated carbocycles. The van der Waals surface area contributed by atoms with Crippen LogP contribution in [0.2, 0.25) is 0 Å². The first kappa shape index (κ1) is 28.4. The van der Waals surface area contributed by atoms with Gasteiger partial charge < -0.3 is 12.4 Å². The minimum Gasteiger partial charge on any atom is -1.00 e. The van der Waals surface area contributed by atoms with Crippen molar-refractivity contribution < 1.29 is 31.9 Å². The molecule has 0 fully saturated rings. The van der Waals surface area contributed by atoms with E-state index < -0.39 is 0 Å². The fourth-order valence-electron chi connectivity index (χ4n) is 3.50. The SMILES string of the molecule is [Cl-].[Ru+2].c1ccc(-c2cccc(-c3ccccn3)n2)nc1.c1ccc(-c2cccc(-c3ccccn3)n2)nc1. The summed E-state index contributed by atoms with van der Waals surface area (Å²) >= 11 is 0. The molecule has 0 aliphatic rings. The summed E-state index contributed by atoms with van der Waals surface area (Å²) in [5, 5.41) is 0. The van der Waals surface area contributed by atoms with E-state index in [0.717, 1.165) is 45.6 Å². The smallest absolute Gasteiger partial charge is 1.00 e. The Bertz CT molecular complexity index is 1290. The zero-order valence-electron chi connectivity index (χ0n) is 20.1. The van der Waals surface area contributed by atoms with Gasteiger partial charge >= 0.3 is 19.5 Å². The van der Waals surface area contributed by atoms with Gasteiger partial charge in [-0.1, -0.05) is 36.4 Å². The Morgan fingerprint density at radius 1 is 0.289 bits per heavy atom. The Balaban J connectivity index is 0.000000200. The van der Waals surface area contributed by atoms with E-state index in [-0.39, 0.29) is 31.9 Å². The van der Waals surface area contributed by atoms with Gasteiger partial charge in [0.2, 0.25) is 0 Å². The van der Waals surface area contributed by atoms with Crippen molar-refractivity contribution in [1.29, 1.82) is 0 Å². The van der Waals surface area contributed by atoms with E-state index in [2.05, 4.69) is 29.9 Å². The number of hydrogen-bond donors (Lipinski definition) is 0. The topological polar surface area (TPSA) is 77.3 Å². The third-order valence-corrected chi connectivity index (χ3v) is 5.21. The first-order valence-electron chi connectivity index (χ1n) is 11.5. The number of halogens is 1. The maximum atomic E-state index is 4.59. The summed E-state index contributed by atoms with van der Waals surface area (Å²) in [6.45, 7) is 0. The zero-order valence-corrected chi connectivity index (χ0v) is 22.6. The fraction of sp³-hybridized carbons (Fsp3) is 0. The van der Waals surface area contributed by atoms with Crippen molar-refractivity contribution in [1.82, 2.24) is 29.9 Å². The van der Waals surface area contributed by atoms with Crippen molar-refractivity contribution in [3.63, 3.8) is 0 Å². The molecule has 0 atom stereocenters. The second-order valence-electron chi connectivity index (χ2n) is 7.68. The minimum atomic E-state index is 0. The van der Waals surface area contributed by atoms with Gasteiger partial charge in [-0.2, -0.15) is 0 Å². The normalized spacial score (nSPS) is 9.68. The first-order valence-corrected chi connectivity index (χ1v) is 11.5. The molecule has 0 bridgehead atoms. The summed E-state index contributed by atoms with van der Waals surface area (Å²) in [7, 11) is 0. The van der Waals surface area contributed by atoms with Crippen molar-refractivity contribution >= 4 is 0 Å². The molecule has 6 rings (SSSR count). The van der Waals surface area contributed by atoms with E-state index in [0.29, 0.717) is 0 Å². The van der Waals surface area contributed by atoms with Crippen LogP contribution in [0.15, 0.2) is 134 Å². The minimum absolute atomic E-state index is 0. The molecule has 6 nitrogen and oxygen atoms in total. The molecular weight excluding hydrogens is 581 g/mol. The van der Waals surface area contributed by atoms with Crippen molar-refractivity contribution in [2.45, 2.75) is 0 Å². The van der Waals surface area contributed by atoms with Crippen LogP contribution < -0.4 is 12.4 Å². The summed E-state index contributed by atoms with van der Waals surface area (Å²) in [4.78, 5) is 26.4. The maximum absolute atomic E-state index is 4.59. The Hall–Kier alpha value is -4.19. The Kier molecular flexibility index (Phi) is 10.9. The second-order valence-corrected chi connectivity index (χ2v) is 7.68. The van der Waals surface area contributed by atoms with E-state index in [4.69, 9.17) is 0 Å². The molecule has 6 aromatic rings. The van der Waals surface area contributed by atoms with Crippen molar-refractivity contribution in [2.24, 2.45) is 0 Å². The van der Waals surface area contributed by atoms with E-state index >= 15 is 0 Å². The van der Waals surface area contributed by atoms with Crippen LogP contribution in [0.1, 0.15) is 0 Å². The van der Waals surface area contributed by atoms with Crippen molar-refractivity contribution in [3.8, 4) is 45.6 Å². The molecule has 0 unspecified atom stereocenters. The zero-order chi connectivity index (χ0) is 24.4. The summed E-state index contributed by atoms with van der Waals surface area (Å²) < 4.78 is 0. The van der Waals surface area contributed by atoms with Gasteiger partial charge in [0.05, 0.1) is 45.6 Å². The van der Waals surface area contributed by atoms with Gasteiger partial charge in [-0.05, 0) is 72.8 Å². The molecule has 38 heavy (non-hydrogen) atoms. The van der Waals surface area contributed by atoms with Crippen LogP contribution in [-0.2, 0) is 19.5 Å². The van der Waals surface area contributed by atoms with E-state index in [1.807, 2.05) is 109 Å².